The van der Waals surface area contributed by atoms with Crippen LogP contribution in [0.4, 0.5) is 0 Å². The van der Waals surface area contributed by atoms with Crippen molar-refractivity contribution in [2.45, 2.75) is 109 Å². The molecule has 32 heavy (non-hydrogen) atoms. The van der Waals surface area contributed by atoms with Crippen molar-refractivity contribution in [1.82, 2.24) is 0 Å². The maximum atomic E-state index is 12.1. The average Bonchev–Trinajstić information content (AvgIpc) is 3.00. The molecule has 0 spiro atoms. The van der Waals surface area contributed by atoms with Crippen LogP contribution in [-0.2, 0) is 19.1 Å². The molecule has 0 fully saturated rings. The van der Waals surface area contributed by atoms with Gasteiger partial charge in [-0.3, -0.25) is 4.79 Å². The van der Waals surface area contributed by atoms with E-state index >= 15 is 0 Å². The van der Waals surface area contributed by atoms with Gasteiger partial charge < -0.3 is 29.9 Å². The van der Waals surface area contributed by atoms with Gasteiger partial charge in [0.2, 0.25) is 11.5 Å². The number of carbonyl (C=O) groups excluding carboxylic acids is 2. The van der Waals surface area contributed by atoms with E-state index in [1.54, 1.807) is 0 Å². The number of ether oxygens (including phenoxy) is 2. The maximum absolute atomic E-state index is 12.1. The first-order chi connectivity index (χ1) is 15.4. The smallest absolute Gasteiger partial charge is 0.381 e. The molecule has 0 aromatic carbocycles. The van der Waals surface area contributed by atoms with Crippen molar-refractivity contribution in [3.8, 4) is 0 Å². The van der Waals surface area contributed by atoms with Crippen molar-refractivity contribution in [3.05, 3.63) is 23.7 Å². The molecule has 0 unspecified atom stereocenters. The second-order valence-electron chi connectivity index (χ2n) is 8.26. The first-order valence-electron chi connectivity index (χ1n) is 11.9. The highest BCUT2D eigenvalue weighted by Crippen LogP contribution is 2.35. The minimum absolute atomic E-state index is 0.0103. The number of esters is 2. The fourth-order valence-electron chi connectivity index (χ4n) is 3.54. The number of hydrogen-bond donors (Lipinski definition) is 4. The van der Waals surface area contributed by atoms with Crippen LogP contribution in [0.25, 0.3) is 0 Å². The molecule has 0 saturated heterocycles. The third-order valence-electron chi connectivity index (χ3n) is 5.51. The highest BCUT2D eigenvalue weighted by atomic mass is 16.8. The van der Waals surface area contributed by atoms with Crippen LogP contribution in [0.15, 0.2) is 23.7 Å². The third kappa shape index (κ3) is 9.20. The van der Waals surface area contributed by atoms with Crippen LogP contribution in [0.1, 0.15) is 96.8 Å². The molecule has 8 heteroatoms. The van der Waals surface area contributed by atoms with Gasteiger partial charge in [-0.25, -0.2) is 4.79 Å². The van der Waals surface area contributed by atoms with E-state index in [0.717, 1.165) is 38.5 Å². The maximum Gasteiger partial charge on any atom is 0.381 e. The molecule has 0 radical (unpaired) electrons. The van der Waals surface area contributed by atoms with Crippen LogP contribution in [-0.4, -0.2) is 50.9 Å². The van der Waals surface area contributed by atoms with Gasteiger partial charge in [-0.05, 0) is 32.1 Å². The summed E-state index contributed by atoms with van der Waals surface area (Å²) in [7, 11) is 0. The summed E-state index contributed by atoms with van der Waals surface area (Å²) >= 11 is 0. The number of unbranched alkanes of at least 4 members (excludes halogenated alkanes) is 11. The molecule has 0 saturated carbocycles. The molecule has 0 aromatic rings. The summed E-state index contributed by atoms with van der Waals surface area (Å²) < 4.78 is 9.61. The summed E-state index contributed by atoms with van der Waals surface area (Å²) in [5, 5.41) is 38.3. The predicted molar refractivity (Wildman–Crippen MR) is 120 cm³/mol. The lowest BCUT2D eigenvalue weighted by Crippen LogP contribution is -2.50. The fraction of sp³-hybridized carbons (Fsp3) is 0.750. The Morgan fingerprint density at radius 3 is 2.00 bits per heavy atom. The summed E-state index contributed by atoms with van der Waals surface area (Å²) in [4.78, 5) is 23.5. The van der Waals surface area contributed by atoms with Gasteiger partial charge in [0.25, 0.3) is 0 Å². The van der Waals surface area contributed by atoms with Crippen LogP contribution in [0.5, 0.6) is 0 Å². The lowest BCUT2D eigenvalue weighted by atomic mass is 10.1. The molecule has 0 aliphatic carbocycles. The van der Waals surface area contributed by atoms with Crippen molar-refractivity contribution in [2.75, 3.05) is 6.61 Å². The van der Waals surface area contributed by atoms with Gasteiger partial charge in [-0.2, -0.15) is 0 Å². The molecule has 0 amide bonds. The van der Waals surface area contributed by atoms with Gasteiger partial charge in [0.1, 0.15) is 0 Å². The summed E-state index contributed by atoms with van der Waals surface area (Å²) in [5.74, 6) is -7.05. The number of hydrogen-bond acceptors (Lipinski definition) is 8. The SMILES string of the molecule is CCCCCCCC/C=C\CCCCCCCC(=O)O[C@]1([C@@H](O)CO)OC(=O)C(O)=C1O. The topological polar surface area (TPSA) is 134 Å². The van der Waals surface area contributed by atoms with Crippen LogP contribution in [0.2, 0.25) is 0 Å². The number of cyclic esters (lactones) is 1. The summed E-state index contributed by atoms with van der Waals surface area (Å²) in [6.45, 7) is 1.27. The molecule has 4 N–H and O–H groups in total. The number of aliphatic hydroxyl groups is 4. The molecular weight excluding hydrogens is 416 g/mol. The Morgan fingerprint density at radius 1 is 0.969 bits per heavy atom. The molecule has 0 bridgehead atoms. The lowest BCUT2D eigenvalue weighted by molar-refractivity contribution is -0.249. The van der Waals surface area contributed by atoms with Gasteiger partial charge in [-0.1, -0.05) is 70.4 Å². The van der Waals surface area contributed by atoms with Crippen LogP contribution >= 0.6 is 0 Å². The van der Waals surface area contributed by atoms with E-state index in [1.807, 2.05) is 0 Å². The molecular formula is C24H40O8. The molecule has 2 atom stereocenters. The van der Waals surface area contributed by atoms with E-state index in [9.17, 15) is 24.9 Å². The third-order valence-corrected chi connectivity index (χ3v) is 5.51. The Labute approximate surface area is 190 Å². The van der Waals surface area contributed by atoms with E-state index in [2.05, 4.69) is 23.8 Å². The summed E-state index contributed by atoms with van der Waals surface area (Å²) in [5.41, 5.74) is 0. The molecule has 1 aliphatic rings. The largest absolute Gasteiger partial charge is 0.502 e. The number of aliphatic hydroxyl groups excluding tert-OH is 4. The Morgan fingerprint density at radius 2 is 1.50 bits per heavy atom. The first kappa shape index (κ1) is 28.0. The normalized spacial score (nSPS) is 19.5. The summed E-state index contributed by atoms with van der Waals surface area (Å²) in [6.07, 6.45) is 17.1. The highest BCUT2D eigenvalue weighted by Gasteiger charge is 2.57. The quantitative estimate of drug-likeness (QED) is 0.135. The van der Waals surface area contributed by atoms with Crippen molar-refractivity contribution in [2.24, 2.45) is 0 Å². The van der Waals surface area contributed by atoms with Crippen molar-refractivity contribution in [3.63, 3.8) is 0 Å². The zero-order chi connectivity index (χ0) is 23.8. The second kappa shape index (κ2) is 15.7. The first-order valence-corrected chi connectivity index (χ1v) is 11.9. The highest BCUT2D eigenvalue weighted by molar-refractivity contribution is 5.90. The lowest BCUT2D eigenvalue weighted by Gasteiger charge is -2.30. The Kier molecular flexibility index (Phi) is 13.7. The fourth-order valence-corrected chi connectivity index (χ4v) is 3.54. The molecule has 184 valence electrons. The van der Waals surface area contributed by atoms with Crippen molar-refractivity contribution >= 4 is 11.9 Å². The Hall–Kier alpha value is -2.06. The van der Waals surface area contributed by atoms with Gasteiger partial charge >= 0.3 is 17.7 Å². The van der Waals surface area contributed by atoms with E-state index < -0.39 is 42.0 Å². The molecule has 0 aromatic heterocycles. The van der Waals surface area contributed by atoms with Crippen molar-refractivity contribution in [1.29, 1.82) is 0 Å². The van der Waals surface area contributed by atoms with Gasteiger partial charge in [-0.15, -0.1) is 0 Å². The Balaban J connectivity index is 2.14. The zero-order valence-corrected chi connectivity index (χ0v) is 19.3. The van der Waals surface area contributed by atoms with Gasteiger partial charge in [0.05, 0.1) is 6.61 Å². The van der Waals surface area contributed by atoms with Gasteiger partial charge in [0, 0.05) is 6.42 Å². The average molecular weight is 457 g/mol. The number of allylic oxidation sites excluding steroid dienone is 2. The molecule has 1 rings (SSSR count). The summed E-state index contributed by atoms with van der Waals surface area (Å²) in [6, 6.07) is 0. The molecule has 1 aliphatic heterocycles. The number of rotatable bonds is 18. The van der Waals surface area contributed by atoms with E-state index in [1.165, 1.54) is 38.5 Å². The Bertz CT molecular complexity index is 627. The monoisotopic (exact) mass is 456 g/mol. The van der Waals surface area contributed by atoms with Crippen molar-refractivity contribution < 1.29 is 39.5 Å². The van der Waals surface area contributed by atoms with E-state index in [4.69, 9.17) is 9.84 Å². The number of carbonyl (C=O) groups is 2. The standard InChI is InChI=1S/C24H40O8/c1-2-3-4-5-6-7-8-9-10-11-12-13-14-15-16-17-20(27)31-24(19(26)18-25)22(29)21(28)23(30)32-24/h9-10,19,25-26,28-29H,2-8,11-18H2,1H3/b10-9-/t19-,24+/m0/s1. The molecule has 1 heterocycles. The van der Waals surface area contributed by atoms with Crippen LogP contribution in [0, 0.1) is 0 Å². The minimum Gasteiger partial charge on any atom is -0.502 e. The van der Waals surface area contributed by atoms with Crippen LogP contribution < -0.4 is 0 Å². The van der Waals surface area contributed by atoms with Crippen LogP contribution in [0.3, 0.4) is 0 Å². The van der Waals surface area contributed by atoms with E-state index in [0.29, 0.717) is 6.42 Å². The molecule has 8 nitrogen and oxygen atoms in total. The minimum atomic E-state index is -2.60. The zero-order valence-electron chi connectivity index (χ0n) is 19.3. The van der Waals surface area contributed by atoms with E-state index in [-0.39, 0.29) is 6.42 Å². The second-order valence-corrected chi connectivity index (χ2v) is 8.26. The predicted octanol–water partition coefficient (Wildman–Crippen LogP) is 4.50. The van der Waals surface area contributed by atoms with Gasteiger partial charge in [0.15, 0.2) is 6.10 Å².